The van der Waals surface area contributed by atoms with Crippen LogP contribution in [0.5, 0.6) is 0 Å². The highest BCUT2D eigenvalue weighted by Gasteiger charge is 2.31. The van der Waals surface area contributed by atoms with E-state index in [-0.39, 0.29) is 28.1 Å². The van der Waals surface area contributed by atoms with E-state index < -0.39 is 0 Å². The standard InChI is InChI=1S/C8H14N2OS.BrH/c1-3-4-5(2)6-7(11)10-8(9)12-6;/h5-6H,3-4H2,1-2H3,(H2,9,10,11);1H. The Balaban J connectivity index is 0.00000144. The molecule has 0 bridgehead atoms. The highest BCUT2D eigenvalue weighted by Crippen LogP contribution is 2.28. The molecule has 0 aromatic heterocycles. The number of carbonyl (C=O) groups excluding carboxylic acids is 1. The van der Waals surface area contributed by atoms with Crippen LogP contribution in [0.4, 0.5) is 0 Å². The van der Waals surface area contributed by atoms with Gasteiger partial charge in [0.2, 0.25) is 0 Å². The van der Waals surface area contributed by atoms with Crippen molar-refractivity contribution in [2.45, 2.75) is 31.9 Å². The highest BCUT2D eigenvalue weighted by molar-refractivity contribution is 8.93. The summed E-state index contributed by atoms with van der Waals surface area (Å²) in [6, 6.07) is 0. The predicted octanol–water partition coefficient (Wildman–Crippen LogP) is 1.96. The summed E-state index contributed by atoms with van der Waals surface area (Å²) in [6.45, 7) is 4.19. The summed E-state index contributed by atoms with van der Waals surface area (Å²) >= 11 is 1.40. The van der Waals surface area contributed by atoms with Gasteiger partial charge in [0, 0.05) is 0 Å². The van der Waals surface area contributed by atoms with Gasteiger partial charge in [0.25, 0.3) is 5.91 Å². The van der Waals surface area contributed by atoms with Crippen LogP contribution < -0.4 is 5.73 Å². The first-order valence-electron chi connectivity index (χ1n) is 4.19. The average Bonchev–Trinajstić information content (AvgIpc) is 2.30. The Morgan fingerprint density at radius 3 is 2.69 bits per heavy atom. The minimum absolute atomic E-state index is 0. The van der Waals surface area contributed by atoms with E-state index in [2.05, 4.69) is 18.8 Å². The summed E-state index contributed by atoms with van der Waals surface area (Å²) in [6.07, 6.45) is 2.16. The normalized spacial score (nSPS) is 23.7. The fraction of sp³-hybridized carbons (Fsp3) is 0.750. The first-order chi connectivity index (χ1) is 5.65. The molecule has 76 valence electrons. The van der Waals surface area contributed by atoms with Crippen molar-refractivity contribution in [3.8, 4) is 0 Å². The third-order valence-corrected chi connectivity index (χ3v) is 3.23. The Hall–Kier alpha value is -0.0300. The second kappa shape index (κ2) is 5.65. The average molecular weight is 267 g/mol. The minimum Gasteiger partial charge on any atom is -0.378 e. The summed E-state index contributed by atoms with van der Waals surface area (Å²) in [5, 5.41) is 0.401. The maximum Gasteiger partial charge on any atom is 0.261 e. The van der Waals surface area contributed by atoms with Crippen LogP contribution in [0.25, 0.3) is 0 Å². The third-order valence-electron chi connectivity index (χ3n) is 1.97. The van der Waals surface area contributed by atoms with Gasteiger partial charge < -0.3 is 5.73 Å². The molecule has 0 saturated heterocycles. The molecule has 0 fully saturated rings. The van der Waals surface area contributed by atoms with Gasteiger partial charge in [0.1, 0.15) is 0 Å². The number of rotatable bonds is 3. The molecule has 0 saturated carbocycles. The topological polar surface area (TPSA) is 55.4 Å². The van der Waals surface area contributed by atoms with Crippen LogP contribution in [0.3, 0.4) is 0 Å². The van der Waals surface area contributed by atoms with Gasteiger partial charge in [-0.3, -0.25) is 4.79 Å². The van der Waals surface area contributed by atoms with Gasteiger partial charge in [0.05, 0.1) is 5.25 Å². The number of nitrogens with zero attached hydrogens (tertiary/aromatic N) is 1. The second-order valence-corrected chi connectivity index (χ2v) is 4.25. The van der Waals surface area contributed by atoms with Crippen LogP contribution in [0.2, 0.25) is 0 Å². The first-order valence-corrected chi connectivity index (χ1v) is 5.07. The molecule has 3 nitrogen and oxygen atoms in total. The van der Waals surface area contributed by atoms with Gasteiger partial charge >= 0.3 is 0 Å². The molecule has 5 heteroatoms. The van der Waals surface area contributed by atoms with Crippen molar-refractivity contribution in [3.05, 3.63) is 0 Å². The van der Waals surface area contributed by atoms with E-state index in [9.17, 15) is 4.79 Å². The molecule has 0 aromatic rings. The number of amidine groups is 1. The van der Waals surface area contributed by atoms with Crippen LogP contribution >= 0.6 is 28.7 Å². The zero-order chi connectivity index (χ0) is 9.14. The number of amides is 1. The molecule has 1 heterocycles. The lowest BCUT2D eigenvalue weighted by Crippen LogP contribution is -2.20. The minimum atomic E-state index is -0.0570. The molecule has 2 unspecified atom stereocenters. The molecule has 1 aliphatic heterocycles. The molecule has 2 atom stereocenters. The zero-order valence-corrected chi connectivity index (χ0v) is 10.3. The molecule has 1 aliphatic rings. The lowest BCUT2D eigenvalue weighted by molar-refractivity contribution is -0.117. The third kappa shape index (κ3) is 3.31. The lowest BCUT2D eigenvalue weighted by Gasteiger charge is -2.14. The number of halogens is 1. The second-order valence-electron chi connectivity index (χ2n) is 3.09. The maximum atomic E-state index is 11.2. The van der Waals surface area contributed by atoms with Crippen molar-refractivity contribution >= 4 is 39.8 Å². The Bertz CT molecular complexity index is 220. The van der Waals surface area contributed by atoms with Gasteiger partial charge in [-0.15, -0.1) is 17.0 Å². The molecule has 0 aliphatic carbocycles. The first kappa shape index (κ1) is 13.0. The van der Waals surface area contributed by atoms with Crippen LogP contribution in [0.1, 0.15) is 26.7 Å². The molecule has 1 amide bonds. The van der Waals surface area contributed by atoms with Crippen molar-refractivity contribution in [3.63, 3.8) is 0 Å². The van der Waals surface area contributed by atoms with Crippen LogP contribution in [0.15, 0.2) is 4.99 Å². The number of nitrogens with two attached hydrogens (primary N) is 1. The monoisotopic (exact) mass is 266 g/mol. The molecular formula is C8H15BrN2OS. The van der Waals surface area contributed by atoms with Crippen molar-refractivity contribution in [1.82, 2.24) is 0 Å². The fourth-order valence-corrected chi connectivity index (χ4v) is 2.27. The number of thioether (sulfide) groups is 1. The molecule has 1 rings (SSSR count). The van der Waals surface area contributed by atoms with E-state index in [4.69, 9.17) is 5.73 Å². The summed E-state index contributed by atoms with van der Waals surface area (Å²) in [7, 11) is 0. The Morgan fingerprint density at radius 1 is 1.69 bits per heavy atom. The molecule has 2 N–H and O–H groups in total. The molecule has 0 spiro atoms. The van der Waals surface area contributed by atoms with Crippen LogP contribution in [-0.2, 0) is 4.79 Å². The molecular weight excluding hydrogens is 252 g/mol. The van der Waals surface area contributed by atoms with E-state index in [1.165, 1.54) is 11.8 Å². The zero-order valence-electron chi connectivity index (χ0n) is 7.82. The van der Waals surface area contributed by atoms with E-state index >= 15 is 0 Å². The van der Waals surface area contributed by atoms with Gasteiger partial charge in [0.15, 0.2) is 5.17 Å². The van der Waals surface area contributed by atoms with Crippen LogP contribution in [-0.4, -0.2) is 16.3 Å². The van der Waals surface area contributed by atoms with Crippen molar-refractivity contribution in [2.24, 2.45) is 16.6 Å². The molecule has 0 radical (unpaired) electrons. The predicted molar refractivity (Wildman–Crippen MR) is 62.4 cm³/mol. The number of hydrogen-bond donors (Lipinski definition) is 1. The van der Waals surface area contributed by atoms with E-state index in [0.29, 0.717) is 11.1 Å². The van der Waals surface area contributed by atoms with Crippen molar-refractivity contribution in [1.29, 1.82) is 0 Å². The summed E-state index contributed by atoms with van der Waals surface area (Å²) in [5.41, 5.74) is 5.44. The quantitative estimate of drug-likeness (QED) is 0.850. The Labute approximate surface area is 93.3 Å². The van der Waals surface area contributed by atoms with E-state index in [1.54, 1.807) is 0 Å². The highest BCUT2D eigenvalue weighted by atomic mass is 79.9. The Morgan fingerprint density at radius 2 is 2.31 bits per heavy atom. The number of aliphatic imine (C=N–C) groups is 1. The van der Waals surface area contributed by atoms with Gasteiger partial charge in [-0.2, -0.15) is 4.99 Å². The smallest absolute Gasteiger partial charge is 0.261 e. The SMILES string of the molecule is Br.CCCC(C)C1SC(N)=NC1=O. The number of carbonyl (C=O) groups is 1. The van der Waals surface area contributed by atoms with Crippen molar-refractivity contribution in [2.75, 3.05) is 0 Å². The molecule has 0 aromatic carbocycles. The fourth-order valence-electron chi connectivity index (χ4n) is 1.35. The summed E-state index contributed by atoms with van der Waals surface area (Å²) in [5.74, 6) is 0.329. The molecule has 13 heavy (non-hydrogen) atoms. The van der Waals surface area contributed by atoms with E-state index in [1.807, 2.05) is 0 Å². The Kier molecular flexibility index (Phi) is 5.64. The lowest BCUT2D eigenvalue weighted by atomic mass is 10.0. The maximum absolute atomic E-state index is 11.2. The largest absolute Gasteiger partial charge is 0.378 e. The van der Waals surface area contributed by atoms with Crippen molar-refractivity contribution < 1.29 is 4.79 Å². The summed E-state index contributed by atoms with van der Waals surface area (Å²) < 4.78 is 0. The van der Waals surface area contributed by atoms with Gasteiger partial charge in [-0.05, 0) is 12.3 Å². The number of hydrogen-bond acceptors (Lipinski definition) is 3. The van der Waals surface area contributed by atoms with Crippen LogP contribution in [0, 0.1) is 5.92 Å². The van der Waals surface area contributed by atoms with Gasteiger partial charge in [-0.25, -0.2) is 0 Å². The van der Waals surface area contributed by atoms with E-state index in [0.717, 1.165) is 12.8 Å². The van der Waals surface area contributed by atoms with Gasteiger partial charge in [-0.1, -0.05) is 32.0 Å². The summed E-state index contributed by atoms with van der Waals surface area (Å²) in [4.78, 5) is 14.9.